The molecule has 5 nitrogen and oxygen atoms in total. The van der Waals surface area contributed by atoms with E-state index in [4.69, 9.17) is 13.1 Å². The summed E-state index contributed by atoms with van der Waals surface area (Å²) < 4.78 is 7.07. The summed E-state index contributed by atoms with van der Waals surface area (Å²) in [5, 5.41) is 6.70. The van der Waals surface area contributed by atoms with Crippen molar-refractivity contribution in [2.45, 2.75) is 0 Å². The van der Waals surface area contributed by atoms with Crippen LogP contribution in [0.5, 0.6) is 0 Å². The van der Waals surface area contributed by atoms with Gasteiger partial charge in [-0.15, -0.1) is 0 Å². The summed E-state index contributed by atoms with van der Waals surface area (Å²) in [7, 11) is 0. The van der Waals surface area contributed by atoms with Crippen LogP contribution in [-0.2, 0) is 0 Å². The van der Waals surface area contributed by atoms with E-state index < -0.39 is 0 Å². The molecule has 0 aliphatic heterocycles. The van der Waals surface area contributed by atoms with Crippen LogP contribution in [0.1, 0.15) is 0 Å². The zero-order valence-corrected chi connectivity index (χ0v) is 29.5. The van der Waals surface area contributed by atoms with Crippen LogP contribution in [0.2, 0.25) is 0 Å². The highest BCUT2D eigenvalue weighted by molar-refractivity contribution is 6.17. The van der Waals surface area contributed by atoms with Crippen LogP contribution in [0.3, 0.4) is 0 Å². The molecule has 0 N–H and O–H groups in total. The predicted octanol–water partition coefficient (Wildman–Crippen LogP) is 13.7. The molecule has 0 spiro atoms. The lowest BCUT2D eigenvalue weighted by atomic mass is 10.00. The molecule has 11 aromatic rings. The van der Waals surface area contributed by atoms with E-state index in [1.54, 1.807) is 0 Å². The third-order valence-electron chi connectivity index (χ3n) is 11.1. The molecule has 0 aliphatic rings. The van der Waals surface area contributed by atoms with Gasteiger partial charge in [0, 0.05) is 38.0 Å². The van der Waals surface area contributed by atoms with Gasteiger partial charge in [0.15, 0.2) is 11.4 Å². The van der Waals surface area contributed by atoms with Crippen molar-refractivity contribution in [2.24, 2.45) is 0 Å². The third kappa shape index (κ3) is 4.33. The van der Waals surface area contributed by atoms with Crippen LogP contribution in [0.4, 0.5) is 11.4 Å². The minimum atomic E-state index is 0.564. The fourth-order valence-electron chi connectivity index (χ4n) is 8.87. The lowest BCUT2D eigenvalue weighted by molar-refractivity contribution is 1.13. The molecule has 5 heteroatoms. The summed E-state index contributed by atoms with van der Waals surface area (Å²) in [6, 6.07) is 61.3. The maximum atomic E-state index is 8.13. The SMILES string of the molecule is [C-]#[N+]c1ccc(-n2c3ccccc3c3cccc(-n4c5ccccc5c5ccccc54)c32)c(-c2ccccc2-n2c3ccccc3c3c([N+]#[C-])cccc32)c1. The zero-order chi connectivity index (χ0) is 36.6. The van der Waals surface area contributed by atoms with E-state index in [9.17, 15) is 0 Å². The van der Waals surface area contributed by atoms with Crippen molar-refractivity contribution < 1.29 is 0 Å². The molecule has 0 amide bonds. The molecule has 0 unspecified atom stereocenters. The van der Waals surface area contributed by atoms with Crippen LogP contribution < -0.4 is 0 Å². The Morgan fingerprint density at radius 1 is 0.345 bits per heavy atom. The first kappa shape index (κ1) is 30.7. The van der Waals surface area contributed by atoms with Crippen LogP contribution in [0.25, 0.3) is 103 Å². The molecule has 0 bridgehead atoms. The normalized spacial score (nSPS) is 11.6. The molecule has 0 saturated carbocycles. The molecule has 0 atom stereocenters. The largest absolute Gasteiger partial charge is 0.310 e. The van der Waals surface area contributed by atoms with Gasteiger partial charge in [-0.25, -0.2) is 9.69 Å². The van der Waals surface area contributed by atoms with Crippen LogP contribution >= 0.6 is 0 Å². The number of aromatic nitrogens is 3. The second-order valence-corrected chi connectivity index (χ2v) is 13.9. The molecule has 8 aromatic carbocycles. The first-order valence-corrected chi connectivity index (χ1v) is 18.3. The second-order valence-electron chi connectivity index (χ2n) is 13.9. The average molecular weight is 700 g/mol. The number of fused-ring (bicyclic) bond motifs is 9. The quantitative estimate of drug-likeness (QED) is 0.163. The Morgan fingerprint density at radius 3 is 1.53 bits per heavy atom. The van der Waals surface area contributed by atoms with Gasteiger partial charge >= 0.3 is 0 Å². The van der Waals surface area contributed by atoms with Gasteiger partial charge in [-0.05, 0) is 65.5 Å². The minimum Gasteiger partial charge on any atom is -0.310 e. The molecule has 0 aliphatic carbocycles. The van der Waals surface area contributed by atoms with Gasteiger partial charge in [0.1, 0.15) is 0 Å². The standard InChI is InChI=1S/C50H29N5/c1-51-32-29-30-46(39(31-32)36-18-6-10-24-43(36)53-45-26-12-7-19-38(45)49-40(52-2)21-14-27-47(49)53)55-44-25-11-5-17-35(44)37-20-13-28-48(50(37)55)54-41-22-8-3-15-33(41)34-16-4-9-23-42(34)54/h3-31H. The number of nitrogens with zero attached hydrogens (tertiary/aromatic N) is 5. The fraction of sp³-hybridized carbons (Fsp3) is 0. The average Bonchev–Trinajstić information content (AvgIpc) is 3.89. The summed E-state index contributed by atoms with van der Waals surface area (Å²) in [5.74, 6) is 0. The highest BCUT2D eigenvalue weighted by atomic mass is 15.1. The highest BCUT2D eigenvalue weighted by Crippen LogP contribution is 2.45. The first-order chi connectivity index (χ1) is 27.2. The van der Waals surface area contributed by atoms with Gasteiger partial charge in [0.05, 0.1) is 57.8 Å². The van der Waals surface area contributed by atoms with E-state index in [1.807, 2.05) is 30.3 Å². The van der Waals surface area contributed by atoms with E-state index in [2.05, 4.69) is 169 Å². The number of para-hydroxylation sites is 6. The van der Waals surface area contributed by atoms with Crippen LogP contribution in [0.15, 0.2) is 176 Å². The van der Waals surface area contributed by atoms with Crippen LogP contribution in [-0.4, -0.2) is 13.7 Å². The van der Waals surface area contributed by atoms with E-state index in [-0.39, 0.29) is 0 Å². The number of hydrogen-bond acceptors (Lipinski definition) is 0. The molecular formula is C50H29N5. The number of hydrogen-bond donors (Lipinski definition) is 0. The van der Waals surface area contributed by atoms with E-state index in [0.717, 1.165) is 82.8 Å². The smallest absolute Gasteiger partial charge is 0.197 e. The number of rotatable bonds is 4. The third-order valence-corrected chi connectivity index (χ3v) is 11.1. The second kappa shape index (κ2) is 11.8. The molecule has 0 radical (unpaired) electrons. The Labute approximate surface area is 316 Å². The summed E-state index contributed by atoms with van der Waals surface area (Å²) in [4.78, 5) is 7.87. The lowest BCUT2D eigenvalue weighted by Gasteiger charge is -2.20. The predicted molar refractivity (Wildman–Crippen MR) is 227 cm³/mol. The fourth-order valence-corrected chi connectivity index (χ4v) is 8.87. The van der Waals surface area contributed by atoms with E-state index in [0.29, 0.717) is 11.4 Å². The van der Waals surface area contributed by atoms with Crippen molar-refractivity contribution in [2.75, 3.05) is 0 Å². The van der Waals surface area contributed by atoms with Gasteiger partial charge in [-0.3, -0.25) is 0 Å². The molecule has 11 rings (SSSR count). The molecule has 55 heavy (non-hydrogen) atoms. The Balaban J connectivity index is 1.27. The van der Waals surface area contributed by atoms with Crippen molar-refractivity contribution in [3.8, 4) is 28.2 Å². The molecule has 254 valence electrons. The first-order valence-electron chi connectivity index (χ1n) is 18.3. The van der Waals surface area contributed by atoms with Crippen molar-refractivity contribution in [3.05, 3.63) is 199 Å². The Morgan fingerprint density at radius 2 is 0.836 bits per heavy atom. The summed E-state index contributed by atoms with van der Waals surface area (Å²) >= 11 is 0. The van der Waals surface area contributed by atoms with Gasteiger partial charge in [0.25, 0.3) is 0 Å². The van der Waals surface area contributed by atoms with E-state index >= 15 is 0 Å². The number of benzene rings is 8. The molecule has 3 aromatic heterocycles. The lowest BCUT2D eigenvalue weighted by Crippen LogP contribution is -2.03. The van der Waals surface area contributed by atoms with E-state index in [1.165, 1.54) is 10.8 Å². The topological polar surface area (TPSA) is 23.5 Å². The Hall–Kier alpha value is -7.86. The molecule has 0 fully saturated rings. The van der Waals surface area contributed by atoms with Crippen molar-refractivity contribution in [1.82, 2.24) is 13.7 Å². The van der Waals surface area contributed by atoms with Crippen LogP contribution in [0, 0.1) is 13.1 Å². The van der Waals surface area contributed by atoms with Gasteiger partial charge in [0.2, 0.25) is 0 Å². The zero-order valence-electron chi connectivity index (χ0n) is 29.5. The Bertz CT molecular complexity index is 3420. The van der Waals surface area contributed by atoms with Gasteiger partial charge < -0.3 is 13.7 Å². The highest BCUT2D eigenvalue weighted by Gasteiger charge is 2.23. The van der Waals surface area contributed by atoms with Crippen molar-refractivity contribution in [3.63, 3.8) is 0 Å². The van der Waals surface area contributed by atoms with Gasteiger partial charge in [-0.2, -0.15) is 0 Å². The monoisotopic (exact) mass is 699 g/mol. The molecule has 0 saturated heterocycles. The Kier molecular flexibility index (Phi) is 6.61. The van der Waals surface area contributed by atoms with Crippen molar-refractivity contribution in [1.29, 1.82) is 0 Å². The maximum absolute atomic E-state index is 8.13. The summed E-state index contributed by atoms with van der Waals surface area (Å²) in [5.41, 5.74) is 12.6. The van der Waals surface area contributed by atoms with Crippen molar-refractivity contribution >= 4 is 76.8 Å². The van der Waals surface area contributed by atoms with Gasteiger partial charge in [-0.1, -0.05) is 121 Å². The molecular weight excluding hydrogens is 671 g/mol. The maximum Gasteiger partial charge on any atom is 0.197 e. The molecule has 3 heterocycles. The summed E-state index contributed by atoms with van der Waals surface area (Å²) in [6.45, 7) is 16.1. The summed E-state index contributed by atoms with van der Waals surface area (Å²) in [6.07, 6.45) is 0. The minimum absolute atomic E-state index is 0.564.